The summed E-state index contributed by atoms with van der Waals surface area (Å²) in [4.78, 5) is 11.2. The highest BCUT2D eigenvalue weighted by Crippen LogP contribution is 2.28. The van der Waals surface area contributed by atoms with Crippen LogP contribution < -0.4 is 14.9 Å². The second kappa shape index (κ2) is 9.19. The lowest BCUT2D eigenvalue weighted by Crippen LogP contribution is -2.13. The monoisotopic (exact) mass is 328 g/mol. The minimum Gasteiger partial charge on any atom is -0.490 e. The van der Waals surface area contributed by atoms with Crippen LogP contribution in [-0.4, -0.2) is 32.5 Å². The van der Waals surface area contributed by atoms with Crippen LogP contribution in [-0.2, 0) is 9.53 Å². The van der Waals surface area contributed by atoms with Crippen molar-refractivity contribution in [3.63, 3.8) is 0 Å². The van der Waals surface area contributed by atoms with Crippen LogP contribution >= 0.6 is 0 Å². The van der Waals surface area contributed by atoms with Crippen LogP contribution in [0.1, 0.15) is 12.5 Å². The predicted octanol–water partition coefficient (Wildman–Crippen LogP) is 3.08. The fourth-order valence-corrected chi connectivity index (χ4v) is 1.88. The van der Waals surface area contributed by atoms with Crippen molar-refractivity contribution < 1.29 is 19.0 Å². The lowest BCUT2D eigenvalue weighted by atomic mass is 10.2. The van der Waals surface area contributed by atoms with Crippen molar-refractivity contribution in [1.29, 1.82) is 0 Å². The van der Waals surface area contributed by atoms with Crippen LogP contribution in [0.3, 0.4) is 0 Å². The zero-order valence-electron chi connectivity index (χ0n) is 13.7. The Morgan fingerprint density at radius 2 is 1.92 bits per heavy atom. The molecule has 0 amide bonds. The summed E-state index contributed by atoms with van der Waals surface area (Å²) in [5.74, 6) is 0.579. The maximum absolute atomic E-state index is 11.2. The first-order valence-electron chi connectivity index (χ1n) is 7.53. The molecule has 0 radical (unpaired) electrons. The molecule has 0 saturated carbocycles. The summed E-state index contributed by atoms with van der Waals surface area (Å²) < 4.78 is 15.5. The van der Waals surface area contributed by atoms with E-state index in [1.807, 2.05) is 43.3 Å². The molecule has 0 atom stereocenters. The van der Waals surface area contributed by atoms with Crippen molar-refractivity contribution in [1.82, 2.24) is 0 Å². The van der Waals surface area contributed by atoms with E-state index in [4.69, 9.17) is 9.47 Å². The largest absolute Gasteiger partial charge is 0.490 e. The number of carbonyl (C=O) groups excluding carboxylic acids is 1. The second-order valence-corrected chi connectivity index (χ2v) is 4.74. The molecule has 6 nitrogen and oxygen atoms in total. The number of ether oxygens (including phenoxy) is 3. The Bertz CT molecular complexity index is 687. The number of carbonyl (C=O) groups is 1. The van der Waals surface area contributed by atoms with E-state index in [-0.39, 0.29) is 6.61 Å². The van der Waals surface area contributed by atoms with Gasteiger partial charge in [-0.3, -0.25) is 5.43 Å². The van der Waals surface area contributed by atoms with Crippen molar-refractivity contribution in [2.45, 2.75) is 6.92 Å². The summed E-state index contributed by atoms with van der Waals surface area (Å²) >= 11 is 0. The minimum absolute atomic E-state index is 0.167. The third-order valence-electron chi connectivity index (χ3n) is 3.02. The zero-order valence-corrected chi connectivity index (χ0v) is 13.7. The summed E-state index contributed by atoms with van der Waals surface area (Å²) in [6, 6.07) is 15.0. The van der Waals surface area contributed by atoms with Gasteiger partial charge in [0.05, 0.1) is 25.6 Å². The van der Waals surface area contributed by atoms with E-state index in [0.29, 0.717) is 18.1 Å². The van der Waals surface area contributed by atoms with Gasteiger partial charge in [0.1, 0.15) is 0 Å². The average Bonchev–Trinajstić information content (AvgIpc) is 2.62. The number of methoxy groups -OCH3 is 1. The van der Waals surface area contributed by atoms with E-state index < -0.39 is 5.97 Å². The number of benzene rings is 2. The van der Waals surface area contributed by atoms with Gasteiger partial charge in [0.25, 0.3) is 0 Å². The molecule has 0 aliphatic carbocycles. The summed E-state index contributed by atoms with van der Waals surface area (Å²) in [5, 5.41) is 4.18. The van der Waals surface area contributed by atoms with Gasteiger partial charge in [-0.25, -0.2) is 4.79 Å². The lowest BCUT2D eigenvalue weighted by molar-refractivity contribution is -0.142. The van der Waals surface area contributed by atoms with Crippen molar-refractivity contribution in [2.75, 3.05) is 25.7 Å². The normalized spacial score (nSPS) is 10.4. The number of hydrogen-bond donors (Lipinski definition) is 1. The standard InChI is InChI=1S/C18H20N2O4/c1-3-23-17-11-14(9-10-16(17)24-13-18(21)22-2)12-19-20-15-7-5-4-6-8-15/h4-12,20H,3,13H2,1-2H3. The highest BCUT2D eigenvalue weighted by molar-refractivity contribution is 5.81. The summed E-state index contributed by atoms with van der Waals surface area (Å²) in [5.41, 5.74) is 4.68. The third kappa shape index (κ3) is 5.31. The molecular weight excluding hydrogens is 308 g/mol. The molecule has 1 N–H and O–H groups in total. The maximum Gasteiger partial charge on any atom is 0.343 e. The van der Waals surface area contributed by atoms with Gasteiger partial charge >= 0.3 is 5.97 Å². The summed E-state index contributed by atoms with van der Waals surface area (Å²) in [6.45, 7) is 2.19. The molecule has 0 unspecified atom stereocenters. The molecule has 0 heterocycles. The molecule has 2 aromatic carbocycles. The van der Waals surface area contributed by atoms with Crippen LogP contribution in [0.2, 0.25) is 0 Å². The average molecular weight is 328 g/mol. The fourth-order valence-electron chi connectivity index (χ4n) is 1.88. The van der Waals surface area contributed by atoms with Gasteiger partial charge in [-0.15, -0.1) is 0 Å². The van der Waals surface area contributed by atoms with Crippen molar-refractivity contribution in [3.05, 3.63) is 54.1 Å². The van der Waals surface area contributed by atoms with E-state index in [9.17, 15) is 4.79 Å². The number of anilines is 1. The molecule has 0 bridgehead atoms. The first kappa shape index (κ1) is 17.3. The van der Waals surface area contributed by atoms with Gasteiger partial charge in [0.2, 0.25) is 0 Å². The van der Waals surface area contributed by atoms with Gasteiger partial charge in [-0.1, -0.05) is 18.2 Å². The molecule has 0 saturated heterocycles. The molecule has 0 fully saturated rings. The van der Waals surface area contributed by atoms with Crippen molar-refractivity contribution in [2.24, 2.45) is 5.10 Å². The van der Waals surface area contributed by atoms with Gasteiger partial charge < -0.3 is 14.2 Å². The molecule has 24 heavy (non-hydrogen) atoms. The number of hydrazone groups is 1. The Balaban J connectivity index is 2.05. The van der Waals surface area contributed by atoms with Crippen LogP contribution in [0.15, 0.2) is 53.6 Å². The van der Waals surface area contributed by atoms with Crippen molar-refractivity contribution >= 4 is 17.9 Å². The first-order valence-corrected chi connectivity index (χ1v) is 7.53. The van der Waals surface area contributed by atoms with E-state index in [2.05, 4.69) is 15.3 Å². The van der Waals surface area contributed by atoms with Crippen LogP contribution in [0, 0.1) is 0 Å². The molecule has 2 rings (SSSR count). The van der Waals surface area contributed by atoms with Gasteiger partial charge in [-0.2, -0.15) is 5.10 Å². The molecule has 0 aliphatic heterocycles. The molecule has 0 aliphatic rings. The number of hydrogen-bond acceptors (Lipinski definition) is 6. The van der Waals surface area contributed by atoms with Gasteiger partial charge in [-0.05, 0) is 42.8 Å². The number of para-hydroxylation sites is 1. The highest BCUT2D eigenvalue weighted by Gasteiger charge is 2.08. The van der Waals surface area contributed by atoms with Crippen LogP contribution in [0.5, 0.6) is 11.5 Å². The minimum atomic E-state index is -0.449. The Morgan fingerprint density at radius 1 is 1.12 bits per heavy atom. The molecular formula is C18H20N2O4. The quantitative estimate of drug-likeness (QED) is 0.458. The maximum atomic E-state index is 11.2. The van der Waals surface area contributed by atoms with E-state index in [1.165, 1.54) is 7.11 Å². The fraction of sp³-hybridized carbons (Fsp3) is 0.222. The molecule has 0 spiro atoms. The first-order chi connectivity index (χ1) is 11.7. The van der Waals surface area contributed by atoms with Crippen molar-refractivity contribution in [3.8, 4) is 11.5 Å². The van der Waals surface area contributed by atoms with E-state index in [1.54, 1.807) is 18.3 Å². The smallest absolute Gasteiger partial charge is 0.343 e. The van der Waals surface area contributed by atoms with Crippen LogP contribution in [0.25, 0.3) is 0 Å². The van der Waals surface area contributed by atoms with Crippen LogP contribution in [0.4, 0.5) is 5.69 Å². The summed E-state index contributed by atoms with van der Waals surface area (Å²) in [7, 11) is 1.31. The Morgan fingerprint density at radius 3 is 2.62 bits per heavy atom. The van der Waals surface area contributed by atoms with E-state index in [0.717, 1.165) is 11.3 Å². The second-order valence-electron chi connectivity index (χ2n) is 4.74. The molecule has 126 valence electrons. The number of nitrogens with one attached hydrogen (secondary N) is 1. The molecule has 0 aromatic heterocycles. The SMILES string of the molecule is CCOc1cc(C=NNc2ccccc2)ccc1OCC(=O)OC. The molecule has 2 aromatic rings. The predicted molar refractivity (Wildman–Crippen MR) is 92.8 cm³/mol. The van der Waals surface area contributed by atoms with Gasteiger partial charge in [0, 0.05) is 0 Å². The van der Waals surface area contributed by atoms with E-state index >= 15 is 0 Å². The Kier molecular flexibility index (Phi) is 6.64. The number of esters is 1. The topological polar surface area (TPSA) is 69.1 Å². The molecule has 6 heteroatoms. The zero-order chi connectivity index (χ0) is 17.2. The third-order valence-corrected chi connectivity index (χ3v) is 3.02. The Hall–Kier alpha value is -3.02. The van der Waals surface area contributed by atoms with Gasteiger partial charge in [0.15, 0.2) is 18.1 Å². The number of rotatable bonds is 8. The Labute approximate surface area is 141 Å². The number of nitrogens with zero attached hydrogens (tertiary/aromatic N) is 1. The summed E-state index contributed by atoms with van der Waals surface area (Å²) in [6.07, 6.45) is 1.68. The highest BCUT2D eigenvalue weighted by atomic mass is 16.6. The lowest BCUT2D eigenvalue weighted by Gasteiger charge is -2.11.